The highest BCUT2D eigenvalue weighted by Gasteiger charge is 2.30. The van der Waals surface area contributed by atoms with Crippen LogP contribution in [0.3, 0.4) is 0 Å². The molecule has 0 aliphatic carbocycles. The third kappa shape index (κ3) is 1.18. The van der Waals surface area contributed by atoms with Gasteiger partial charge >= 0.3 is 0 Å². The van der Waals surface area contributed by atoms with E-state index >= 15 is 0 Å². The molecule has 0 aromatic heterocycles. The van der Waals surface area contributed by atoms with Crippen LogP contribution in [0, 0.1) is 0 Å². The Labute approximate surface area is 61.7 Å². The first-order valence-electron chi connectivity index (χ1n) is 3.48. The van der Waals surface area contributed by atoms with Gasteiger partial charge in [-0.25, -0.2) is 8.42 Å². The van der Waals surface area contributed by atoms with Crippen LogP contribution in [0.1, 0.15) is 13.8 Å². The zero-order valence-electron chi connectivity index (χ0n) is 6.29. The average Bonchev–Trinajstić information content (AvgIpc) is 1.84. The summed E-state index contributed by atoms with van der Waals surface area (Å²) in [5.41, 5.74) is 0. The Morgan fingerprint density at radius 1 is 1.20 bits per heavy atom. The van der Waals surface area contributed by atoms with Crippen molar-refractivity contribution in [2.24, 2.45) is 0 Å². The standard InChI is InChI=1S/C6H13NO2S/c1-5-3-7-4-6(2)10(5,8)9/h5-7H,3-4H2,1-2H3/t5-,6-/m0/s1. The van der Waals surface area contributed by atoms with Crippen molar-refractivity contribution in [2.45, 2.75) is 24.3 Å². The molecule has 0 unspecified atom stereocenters. The van der Waals surface area contributed by atoms with Crippen LogP contribution in [-0.4, -0.2) is 32.0 Å². The molecule has 1 heterocycles. The van der Waals surface area contributed by atoms with Gasteiger partial charge < -0.3 is 5.32 Å². The lowest BCUT2D eigenvalue weighted by Crippen LogP contribution is -2.47. The van der Waals surface area contributed by atoms with Crippen molar-refractivity contribution in [1.82, 2.24) is 5.32 Å². The van der Waals surface area contributed by atoms with Gasteiger partial charge in [0.05, 0.1) is 10.5 Å². The first-order chi connectivity index (χ1) is 4.55. The molecule has 4 heteroatoms. The molecule has 0 radical (unpaired) electrons. The van der Waals surface area contributed by atoms with Crippen LogP contribution >= 0.6 is 0 Å². The van der Waals surface area contributed by atoms with Gasteiger partial charge in [-0.15, -0.1) is 0 Å². The fourth-order valence-corrected chi connectivity index (χ4v) is 2.61. The van der Waals surface area contributed by atoms with E-state index in [1.54, 1.807) is 13.8 Å². The summed E-state index contributed by atoms with van der Waals surface area (Å²) in [5.74, 6) is 0. The number of sulfone groups is 1. The Bertz CT molecular complexity index is 194. The third-order valence-corrected chi connectivity index (χ3v) is 4.56. The lowest BCUT2D eigenvalue weighted by molar-refractivity contribution is 0.529. The maximum Gasteiger partial charge on any atom is 0.157 e. The van der Waals surface area contributed by atoms with Crippen molar-refractivity contribution in [3.63, 3.8) is 0 Å². The van der Waals surface area contributed by atoms with E-state index < -0.39 is 9.84 Å². The molecule has 0 amide bonds. The van der Waals surface area contributed by atoms with E-state index in [9.17, 15) is 8.42 Å². The lowest BCUT2D eigenvalue weighted by Gasteiger charge is -2.25. The van der Waals surface area contributed by atoms with E-state index in [2.05, 4.69) is 5.32 Å². The highest BCUT2D eigenvalue weighted by atomic mass is 32.2. The molecule has 10 heavy (non-hydrogen) atoms. The zero-order chi connectivity index (χ0) is 7.78. The average molecular weight is 163 g/mol. The summed E-state index contributed by atoms with van der Waals surface area (Å²) in [5, 5.41) is 2.64. The summed E-state index contributed by atoms with van der Waals surface area (Å²) in [7, 11) is -2.80. The molecule has 60 valence electrons. The summed E-state index contributed by atoms with van der Waals surface area (Å²) in [4.78, 5) is 0. The fourth-order valence-electron chi connectivity index (χ4n) is 1.12. The van der Waals surface area contributed by atoms with Crippen molar-refractivity contribution in [3.05, 3.63) is 0 Å². The second kappa shape index (κ2) is 2.51. The molecule has 0 spiro atoms. The van der Waals surface area contributed by atoms with Crippen molar-refractivity contribution in [1.29, 1.82) is 0 Å². The van der Waals surface area contributed by atoms with Gasteiger partial charge in [0.2, 0.25) is 0 Å². The van der Waals surface area contributed by atoms with E-state index in [-0.39, 0.29) is 10.5 Å². The highest BCUT2D eigenvalue weighted by molar-refractivity contribution is 7.92. The monoisotopic (exact) mass is 163 g/mol. The molecule has 1 N–H and O–H groups in total. The van der Waals surface area contributed by atoms with E-state index in [1.807, 2.05) is 0 Å². The molecule has 0 aromatic carbocycles. The maximum absolute atomic E-state index is 11.3. The zero-order valence-corrected chi connectivity index (χ0v) is 7.11. The second-order valence-corrected chi connectivity index (χ2v) is 5.66. The van der Waals surface area contributed by atoms with Gasteiger partial charge in [0.15, 0.2) is 9.84 Å². The molecule has 2 atom stereocenters. The van der Waals surface area contributed by atoms with Gasteiger partial charge in [-0.05, 0) is 13.8 Å². The molecule has 0 aromatic rings. The largest absolute Gasteiger partial charge is 0.314 e. The molecule has 0 bridgehead atoms. The van der Waals surface area contributed by atoms with Gasteiger partial charge in [-0.3, -0.25) is 0 Å². The maximum atomic E-state index is 11.3. The van der Waals surface area contributed by atoms with E-state index in [1.165, 1.54) is 0 Å². The highest BCUT2D eigenvalue weighted by Crippen LogP contribution is 2.11. The summed E-state index contributed by atoms with van der Waals surface area (Å²) >= 11 is 0. The topological polar surface area (TPSA) is 46.2 Å². The van der Waals surface area contributed by atoms with Gasteiger partial charge in [0, 0.05) is 13.1 Å². The Balaban J connectivity index is 2.84. The van der Waals surface area contributed by atoms with Crippen LogP contribution < -0.4 is 5.32 Å². The lowest BCUT2D eigenvalue weighted by atomic mass is 10.4. The summed E-state index contributed by atoms with van der Waals surface area (Å²) in [6.07, 6.45) is 0. The molecule has 1 fully saturated rings. The molecular weight excluding hydrogens is 150 g/mol. The van der Waals surface area contributed by atoms with Gasteiger partial charge in [-0.2, -0.15) is 0 Å². The smallest absolute Gasteiger partial charge is 0.157 e. The third-order valence-electron chi connectivity index (χ3n) is 1.99. The van der Waals surface area contributed by atoms with Crippen molar-refractivity contribution < 1.29 is 8.42 Å². The number of nitrogens with one attached hydrogen (secondary N) is 1. The molecule has 1 aliphatic rings. The normalized spacial score (nSPS) is 39.4. The molecule has 0 saturated carbocycles. The van der Waals surface area contributed by atoms with Crippen LogP contribution in [0.5, 0.6) is 0 Å². The van der Waals surface area contributed by atoms with E-state index in [0.29, 0.717) is 13.1 Å². The van der Waals surface area contributed by atoms with Crippen molar-refractivity contribution in [3.8, 4) is 0 Å². The Morgan fingerprint density at radius 3 is 1.90 bits per heavy atom. The number of hydrogen-bond donors (Lipinski definition) is 1. The van der Waals surface area contributed by atoms with E-state index in [0.717, 1.165) is 0 Å². The molecule has 3 nitrogen and oxygen atoms in total. The van der Waals surface area contributed by atoms with Crippen LogP contribution in [0.25, 0.3) is 0 Å². The first-order valence-corrected chi connectivity index (χ1v) is 5.09. The minimum atomic E-state index is -2.80. The molecular formula is C6H13NO2S. The SMILES string of the molecule is C[C@H]1CNC[C@H](C)S1(=O)=O. The Hall–Kier alpha value is -0.0900. The minimum Gasteiger partial charge on any atom is -0.314 e. The van der Waals surface area contributed by atoms with Gasteiger partial charge in [0.1, 0.15) is 0 Å². The number of hydrogen-bond acceptors (Lipinski definition) is 3. The number of rotatable bonds is 0. The molecule has 1 rings (SSSR count). The first kappa shape index (κ1) is 8.01. The Morgan fingerprint density at radius 2 is 1.60 bits per heavy atom. The fraction of sp³-hybridized carbons (Fsp3) is 1.00. The summed E-state index contributed by atoms with van der Waals surface area (Å²) in [6, 6.07) is 0. The quantitative estimate of drug-likeness (QED) is 0.537. The van der Waals surface area contributed by atoms with Crippen LogP contribution in [-0.2, 0) is 9.84 Å². The van der Waals surface area contributed by atoms with Crippen molar-refractivity contribution >= 4 is 9.84 Å². The van der Waals surface area contributed by atoms with Crippen LogP contribution in [0.4, 0.5) is 0 Å². The Kier molecular flexibility index (Phi) is 2.01. The van der Waals surface area contributed by atoms with Gasteiger partial charge in [0.25, 0.3) is 0 Å². The predicted molar refractivity (Wildman–Crippen MR) is 40.7 cm³/mol. The second-order valence-electron chi connectivity index (χ2n) is 2.87. The van der Waals surface area contributed by atoms with Crippen LogP contribution in [0.15, 0.2) is 0 Å². The summed E-state index contributed by atoms with van der Waals surface area (Å²) < 4.78 is 22.5. The van der Waals surface area contributed by atoms with E-state index in [4.69, 9.17) is 0 Å². The van der Waals surface area contributed by atoms with Gasteiger partial charge in [-0.1, -0.05) is 0 Å². The molecule has 1 saturated heterocycles. The minimum absolute atomic E-state index is 0.212. The van der Waals surface area contributed by atoms with Crippen LogP contribution in [0.2, 0.25) is 0 Å². The summed E-state index contributed by atoms with van der Waals surface area (Å²) in [6.45, 7) is 4.70. The molecule has 1 aliphatic heterocycles. The predicted octanol–water partition coefficient (Wildman–Crippen LogP) is -0.219. The van der Waals surface area contributed by atoms with Crippen molar-refractivity contribution in [2.75, 3.05) is 13.1 Å².